The number of anilines is 2. The third kappa shape index (κ3) is 1.66. The van der Waals surface area contributed by atoms with Crippen LogP contribution in [-0.4, -0.2) is 46.5 Å². The molecule has 0 bridgehead atoms. The van der Waals surface area contributed by atoms with E-state index in [1.807, 2.05) is 4.90 Å². The van der Waals surface area contributed by atoms with Gasteiger partial charge in [0, 0.05) is 30.0 Å². The molecule has 2 aliphatic heterocycles. The van der Waals surface area contributed by atoms with Gasteiger partial charge in [0.25, 0.3) is 5.91 Å². The zero-order valence-corrected chi connectivity index (χ0v) is 9.58. The van der Waals surface area contributed by atoms with Crippen molar-refractivity contribution in [1.29, 1.82) is 0 Å². The molecule has 2 heterocycles. The van der Waals surface area contributed by atoms with E-state index in [1.165, 1.54) is 0 Å². The first-order valence-electron chi connectivity index (χ1n) is 5.80. The molecule has 6 nitrogen and oxygen atoms in total. The van der Waals surface area contributed by atoms with Crippen molar-refractivity contribution in [2.45, 2.75) is 18.3 Å². The maximum Gasteiger partial charge on any atom is 0.257 e. The summed E-state index contributed by atoms with van der Waals surface area (Å²) in [6.45, 7) is 0.715. The van der Waals surface area contributed by atoms with Crippen LogP contribution in [0.25, 0.3) is 0 Å². The molecular weight excluding hydrogens is 236 g/mol. The number of aliphatic hydroxyl groups is 3. The molecule has 1 amide bonds. The highest BCUT2D eigenvalue weighted by Gasteiger charge is 2.32. The summed E-state index contributed by atoms with van der Waals surface area (Å²) in [7, 11) is 0. The van der Waals surface area contributed by atoms with Crippen molar-refractivity contribution in [3.63, 3.8) is 0 Å². The van der Waals surface area contributed by atoms with Crippen LogP contribution < -0.4 is 10.2 Å². The molecule has 2 aliphatic rings. The summed E-state index contributed by atoms with van der Waals surface area (Å²) in [6.07, 6.45) is -2.61. The first-order chi connectivity index (χ1) is 8.56. The molecule has 1 aromatic rings. The van der Waals surface area contributed by atoms with Gasteiger partial charge in [0.2, 0.25) is 0 Å². The lowest BCUT2D eigenvalue weighted by Gasteiger charge is -2.18. The fourth-order valence-corrected chi connectivity index (χ4v) is 2.41. The van der Waals surface area contributed by atoms with Crippen LogP contribution in [0.5, 0.6) is 0 Å². The van der Waals surface area contributed by atoms with Gasteiger partial charge in [-0.3, -0.25) is 4.79 Å². The predicted octanol–water partition coefficient (Wildman–Crippen LogP) is -0.786. The summed E-state index contributed by atoms with van der Waals surface area (Å²) in [5.74, 6) is -0.427. The SMILES string of the molecule is O=C1Nc2cc(N3CC(O)C(O)C3)ccc2C1O. The van der Waals surface area contributed by atoms with Crippen LogP contribution in [-0.2, 0) is 4.79 Å². The van der Waals surface area contributed by atoms with E-state index in [0.29, 0.717) is 24.3 Å². The number of rotatable bonds is 1. The Kier molecular flexibility index (Phi) is 2.51. The number of aliphatic hydroxyl groups excluding tert-OH is 3. The average molecular weight is 250 g/mol. The molecule has 1 fully saturated rings. The number of β-amino-alcohol motifs (C(OH)–C–C–N with tert-alkyl or cyclic N) is 2. The number of fused-ring (bicyclic) bond motifs is 1. The Morgan fingerprint density at radius 2 is 1.83 bits per heavy atom. The zero-order chi connectivity index (χ0) is 12.9. The van der Waals surface area contributed by atoms with Gasteiger partial charge < -0.3 is 25.5 Å². The Hall–Kier alpha value is -1.63. The Morgan fingerprint density at radius 3 is 2.50 bits per heavy atom. The molecule has 4 N–H and O–H groups in total. The first kappa shape index (κ1) is 11.5. The van der Waals surface area contributed by atoms with Gasteiger partial charge in [-0.05, 0) is 12.1 Å². The van der Waals surface area contributed by atoms with Gasteiger partial charge in [-0.2, -0.15) is 0 Å². The first-order valence-corrected chi connectivity index (χ1v) is 5.80. The maximum absolute atomic E-state index is 11.3. The molecule has 1 saturated heterocycles. The minimum absolute atomic E-state index is 0.358. The Morgan fingerprint density at radius 1 is 1.17 bits per heavy atom. The molecule has 1 aromatic carbocycles. The van der Waals surface area contributed by atoms with Crippen LogP contribution in [0.4, 0.5) is 11.4 Å². The molecule has 18 heavy (non-hydrogen) atoms. The number of carbonyl (C=O) groups excluding carboxylic acids is 1. The van der Waals surface area contributed by atoms with E-state index in [2.05, 4.69) is 5.32 Å². The standard InChI is InChI=1S/C12H14N2O4/c15-9-4-14(5-10(9)16)6-1-2-7-8(3-6)13-12(18)11(7)17/h1-3,9-11,15-17H,4-5H2,(H,13,18). The lowest BCUT2D eigenvalue weighted by Crippen LogP contribution is -2.22. The molecule has 0 aromatic heterocycles. The van der Waals surface area contributed by atoms with Crippen molar-refractivity contribution in [3.8, 4) is 0 Å². The number of hydrogen-bond donors (Lipinski definition) is 4. The highest BCUT2D eigenvalue weighted by molar-refractivity contribution is 6.02. The average Bonchev–Trinajstić information content (AvgIpc) is 2.81. The van der Waals surface area contributed by atoms with E-state index in [1.54, 1.807) is 18.2 Å². The molecule has 3 unspecified atom stereocenters. The summed E-state index contributed by atoms with van der Waals surface area (Å²) in [6, 6.07) is 5.20. The highest BCUT2D eigenvalue weighted by atomic mass is 16.3. The molecule has 3 rings (SSSR count). The van der Waals surface area contributed by atoms with Gasteiger partial charge in [0.1, 0.15) is 0 Å². The molecule has 0 saturated carbocycles. The predicted molar refractivity (Wildman–Crippen MR) is 64.3 cm³/mol. The van der Waals surface area contributed by atoms with E-state index in [4.69, 9.17) is 0 Å². The fraction of sp³-hybridized carbons (Fsp3) is 0.417. The molecule has 6 heteroatoms. The normalized spacial score (nSPS) is 30.5. The molecular formula is C12H14N2O4. The second kappa shape index (κ2) is 3.94. The van der Waals surface area contributed by atoms with Gasteiger partial charge in [-0.15, -0.1) is 0 Å². The number of nitrogens with one attached hydrogen (secondary N) is 1. The minimum atomic E-state index is -1.11. The zero-order valence-electron chi connectivity index (χ0n) is 9.58. The van der Waals surface area contributed by atoms with Gasteiger partial charge in [0.05, 0.1) is 12.2 Å². The summed E-state index contributed by atoms with van der Waals surface area (Å²) in [5, 5.41) is 31.2. The summed E-state index contributed by atoms with van der Waals surface area (Å²) < 4.78 is 0. The lowest BCUT2D eigenvalue weighted by molar-refractivity contribution is -0.123. The molecule has 3 atom stereocenters. The smallest absolute Gasteiger partial charge is 0.257 e. The van der Waals surface area contributed by atoms with Gasteiger partial charge >= 0.3 is 0 Å². The lowest BCUT2D eigenvalue weighted by atomic mass is 10.1. The van der Waals surface area contributed by atoms with Crippen LogP contribution >= 0.6 is 0 Å². The summed E-state index contributed by atoms with van der Waals surface area (Å²) in [5.41, 5.74) is 1.95. The van der Waals surface area contributed by atoms with Crippen molar-refractivity contribution < 1.29 is 20.1 Å². The van der Waals surface area contributed by atoms with E-state index >= 15 is 0 Å². The Balaban J connectivity index is 1.88. The fourth-order valence-electron chi connectivity index (χ4n) is 2.41. The van der Waals surface area contributed by atoms with E-state index < -0.39 is 24.2 Å². The van der Waals surface area contributed by atoms with Crippen LogP contribution in [0, 0.1) is 0 Å². The van der Waals surface area contributed by atoms with Crippen molar-refractivity contribution in [1.82, 2.24) is 0 Å². The van der Waals surface area contributed by atoms with Gasteiger partial charge in [0.15, 0.2) is 6.10 Å². The number of nitrogens with zero attached hydrogens (tertiary/aromatic N) is 1. The van der Waals surface area contributed by atoms with Gasteiger partial charge in [-0.1, -0.05) is 6.07 Å². The number of carbonyl (C=O) groups is 1. The minimum Gasteiger partial charge on any atom is -0.389 e. The van der Waals surface area contributed by atoms with Crippen molar-refractivity contribution >= 4 is 17.3 Å². The molecule has 0 spiro atoms. The Labute approximate surface area is 103 Å². The van der Waals surface area contributed by atoms with Crippen LogP contribution in [0.1, 0.15) is 11.7 Å². The summed E-state index contributed by atoms with van der Waals surface area (Å²) in [4.78, 5) is 13.2. The van der Waals surface area contributed by atoms with Crippen molar-refractivity contribution in [2.24, 2.45) is 0 Å². The third-order valence-corrected chi connectivity index (χ3v) is 3.46. The summed E-state index contributed by atoms with van der Waals surface area (Å²) >= 11 is 0. The highest BCUT2D eigenvalue weighted by Crippen LogP contribution is 2.34. The van der Waals surface area contributed by atoms with Crippen molar-refractivity contribution in [2.75, 3.05) is 23.3 Å². The third-order valence-electron chi connectivity index (χ3n) is 3.46. The maximum atomic E-state index is 11.3. The van der Waals surface area contributed by atoms with Crippen LogP contribution in [0.2, 0.25) is 0 Å². The number of benzene rings is 1. The monoisotopic (exact) mass is 250 g/mol. The Bertz CT molecular complexity index is 495. The van der Waals surface area contributed by atoms with Crippen molar-refractivity contribution in [3.05, 3.63) is 23.8 Å². The van der Waals surface area contributed by atoms with E-state index in [0.717, 1.165) is 5.69 Å². The molecule has 96 valence electrons. The topological polar surface area (TPSA) is 93.0 Å². The largest absolute Gasteiger partial charge is 0.389 e. The van der Waals surface area contributed by atoms with Crippen LogP contribution in [0.3, 0.4) is 0 Å². The van der Waals surface area contributed by atoms with Gasteiger partial charge in [-0.25, -0.2) is 0 Å². The quantitative estimate of drug-likeness (QED) is 0.524. The molecule has 0 radical (unpaired) electrons. The number of amides is 1. The molecule has 0 aliphatic carbocycles. The van der Waals surface area contributed by atoms with Crippen LogP contribution in [0.15, 0.2) is 18.2 Å². The second-order valence-electron chi connectivity index (χ2n) is 4.70. The van der Waals surface area contributed by atoms with E-state index in [-0.39, 0.29) is 0 Å². The number of hydrogen-bond acceptors (Lipinski definition) is 5. The second-order valence-corrected chi connectivity index (χ2v) is 4.70. The van der Waals surface area contributed by atoms with E-state index in [9.17, 15) is 20.1 Å².